The van der Waals surface area contributed by atoms with Crippen LogP contribution in [0.5, 0.6) is 0 Å². The molecular weight excluding hydrogens is 262 g/mol. The van der Waals surface area contributed by atoms with E-state index in [1.165, 1.54) is 4.90 Å². The number of aliphatic hydroxyl groups excluding tert-OH is 2. The van der Waals surface area contributed by atoms with E-state index in [0.29, 0.717) is 5.57 Å². The number of nitrogens with zero attached hydrogens (tertiary/aromatic N) is 1. The second-order valence-corrected chi connectivity index (χ2v) is 6.15. The van der Waals surface area contributed by atoms with E-state index < -0.39 is 24.1 Å². The maximum atomic E-state index is 12.1. The number of β-lactam (4-membered cyclic amide) rings is 1. The van der Waals surface area contributed by atoms with Gasteiger partial charge in [-0.1, -0.05) is 6.92 Å². The Labute approximate surface area is 116 Å². The highest BCUT2D eigenvalue weighted by atomic mass is 16.4. The van der Waals surface area contributed by atoms with E-state index in [0.717, 1.165) is 12.8 Å². The van der Waals surface area contributed by atoms with E-state index in [1.54, 1.807) is 6.92 Å². The standard InChI is InChI=1S/C14H19NO5/c1-5-8(12(17)7-3-4-7)11(14(19)20)15-10(5)9(6(2)16)13(15)18/h5-7,9-10,12,16-17H,3-4H2,1-2H3,(H,19,20)/t5-,6+,9?,10?,12-/m0/s1. The summed E-state index contributed by atoms with van der Waals surface area (Å²) in [5.74, 6) is -2.21. The highest BCUT2D eigenvalue weighted by molar-refractivity contribution is 6.00. The van der Waals surface area contributed by atoms with Crippen molar-refractivity contribution < 1.29 is 24.9 Å². The molecule has 2 fully saturated rings. The number of carboxylic acid groups (broad SMARTS) is 1. The molecule has 110 valence electrons. The number of aliphatic carboxylic acids is 1. The van der Waals surface area contributed by atoms with E-state index in [4.69, 9.17) is 0 Å². The Bertz CT molecular complexity index is 508. The number of carbonyl (C=O) groups excluding carboxylic acids is 1. The van der Waals surface area contributed by atoms with Gasteiger partial charge in [0.1, 0.15) is 5.70 Å². The molecule has 3 N–H and O–H groups in total. The number of hydrogen-bond acceptors (Lipinski definition) is 4. The Hall–Kier alpha value is -1.40. The summed E-state index contributed by atoms with van der Waals surface area (Å²) in [5.41, 5.74) is 0.394. The average Bonchev–Trinajstić information content (AvgIpc) is 3.14. The molecule has 2 unspecified atom stereocenters. The first-order chi connectivity index (χ1) is 9.36. The zero-order valence-electron chi connectivity index (χ0n) is 11.5. The molecule has 0 radical (unpaired) electrons. The van der Waals surface area contributed by atoms with Crippen LogP contribution in [0.2, 0.25) is 0 Å². The monoisotopic (exact) mass is 281 g/mol. The summed E-state index contributed by atoms with van der Waals surface area (Å²) in [6, 6.07) is -0.336. The van der Waals surface area contributed by atoms with Crippen LogP contribution in [0, 0.1) is 17.8 Å². The van der Waals surface area contributed by atoms with Gasteiger partial charge in [0.05, 0.1) is 24.2 Å². The zero-order chi connectivity index (χ0) is 14.8. The number of hydrogen-bond donors (Lipinski definition) is 3. The molecule has 3 aliphatic rings. The molecule has 1 aliphatic carbocycles. The van der Waals surface area contributed by atoms with Gasteiger partial charge in [-0.2, -0.15) is 0 Å². The molecule has 0 aromatic carbocycles. The van der Waals surface area contributed by atoms with Crippen LogP contribution in [-0.4, -0.2) is 50.3 Å². The van der Waals surface area contributed by atoms with Crippen LogP contribution in [0.3, 0.4) is 0 Å². The fourth-order valence-electron chi connectivity index (χ4n) is 3.66. The van der Waals surface area contributed by atoms with Crippen molar-refractivity contribution in [3.05, 3.63) is 11.3 Å². The van der Waals surface area contributed by atoms with Crippen molar-refractivity contribution in [3.63, 3.8) is 0 Å². The van der Waals surface area contributed by atoms with E-state index in [1.807, 2.05) is 6.92 Å². The van der Waals surface area contributed by atoms with Gasteiger partial charge in [0.25, 0.3) is 0 Å². The summed E-state index contributed by atoms with van der Waals surface area (Å²) in [6.07, 6.45) is 0.189. The smallest absolute Gasteiger partial charge is 0.352 e. The first-order valence-corrected chi connectivity index (χ1v) is 7.02. The van der Waals surface area contributed by atoms with Crippen LogP contribution in [0.1, 0.15) is 26.7 Å². The van der Waals surface area contributed by atoms with Crippen molar-refractivity contribution in [2.75, 3.05) is 0 Å². The van der Waals surface area contributed by atoms with E-state index in [-0.39, 0.29) is 29.5 Å². The van der Waals surface area contributed by atoms with Gasteiger partial charge in [0.15, 0.2) is 0 Å². The van der Waals surface area contributed by atoms with Crippen molar-refractivity contribution in [2.45, 2.75) is 44.9 Å². The topological polar surface area (TPSA) is 98.1 Å². The van der Waals surface area contributed by atoms with Gasteiger partial charge < -0.3 is 20.2 Å². The summed E-state index contributed by atoms with van der Waals surface area (Å²) in [4.78, 5) is 24.8. The minimum Gasteiger partial charge on any atom is -0.477 e. The van der Waals surface area contributed by atoms with Crippen LogP contribution in [0.15, 0.2) is 11.3 Å². The van der Waals surface area contributed by atoms with E-state index in [9.17, 15) is 24.9 Å². The van der Waals surface area contributed by atoms with Crippen molar-refractivity contribution in [1.29, 1.82) is 0 Å². The largest absolute Gasteiger partial charge is 0.477 e. The Morgan fingerprint density at radius 1 is 1.35 bits per heavy atom. The van der Waals surface area contributed by atoms with Crippen molar-refractivity contribution in [3.8, 4) is 0 Å². The molecule has 0 aromatic heterocycles. The van der Waals surface area contributed by atoms with Crippen LogP contribution in [0.4, 0.5) is 0 Å². The molecule has 0 spiro atoms. The summed E-state index contributed by atoms with van der Waals surface area (Å²) >= 11 is 0. The minimum atomic E-state index is -1.17. The molecule has 3 rings (SSSR count). The molecule has 1 saturated heterocycles. The van der Waals surface area contributed by atoms with Crippen molar-refractivity contribution in [2.24, 2.45) is 17.8 Å². The fourth-order valence-corrected chi connectivity index (χ4v) is 3.66. The molecule has 6 nitrogen and oxygen atoms in total. The Kier molecular flexibility index (Phi) is 2.92. The molecule has 2 aliphatic heterocycles. The van der Waals surface area contributed by atoms with Gasteiger partial charge in [-0.05, 0) is 31.3 Å². The van der Waals surface area contributed by atoms with Gasteiger partial charge in [0, 0.05) is 5.92 Å². The predicted molar refractivity (Wildman–Crippen MR) is 68.4 cm³/mol. The molecule has 1 saturated carbocycles. The van der Waals surface area contributed by atoms with Gasteiger partial charge in [0.2, 0.25) is 5.91 Å². The quantitative estimate of drug-likeness (QED) is 0.628. The second kappa shape index (κ2) is 4.30. The second-order valence-electron chi connectivity index (χ2n) is 6.15. The summed E-state index contributed by atoms with van der Waals surface area (Å²) in [7, 11) is 0. The van der Waals surface area contributed by atoms with E-state index >= 15 is 0 Å². The van der Waals surface area contributed by atoms with Crippen LogP contribution < -0.4 is 0 Å². The molecule has 0 bridgehead atoms. The molecule has 0 aromatic rings. The lowest BCUT2D eigenvalue weighted by Crippen LogP contribution is -2.63. The first kappa shape index (κ1) is 13.6. The van der Waals surface area contributed by atoms with E-state index in [2.05, 4.69) is 0 Å². The molecule has 20 heavy (non-hydrogen) atoms. The Balaban J connectivity index is 1.99. The Morgan fingerprint density at radius 3 is 2.40 bits per heavy atom. The first-order valence-electron chi connectivity index (χ1n) is 7.02. The summed E-state index contributed by atoms with van der Waals surface area (Å²) in [6.45, 7) is 3.37. The van der Waals surface area contributed by atoms with Gasteiger partial charge in [-0.3, -0.25) is 4.79 Å². The normalized spacial score (nSPS) is 35.7. The molecule has 5 atom stereocenters. The maximum absolute atomic E-state index is 12.1. The third kappa shape index (κ3) is 1.64. The Morgan fingerprint density at radius 2 is 1.95 bits per heavy atom. The van der Waals surface area contributed by atoms with Crippen molar-refractivity contribution >= 4 is 11.9 Å². The number of aliphatic hydroxyl groups is 2. The molecule has 2 heterocycles. The number of rotatable bonds is 4. The summed E-state index contributed by atoms with van der Waals surface area (Å²) < 4.78 is 0. The third-order valence-electron chi connectivity index (χ3n) is 4.82. The maximum Gasteiger partial charge on any atom is 0.352 e. The highest BCUT2D eigenvalue weighted by Crippen LogP contribution is 2.50. The number of carboxylic acids is 1. The lowest BCUT2D eigenvalue weighted by atomic mass is 9.77. The van der Waals surface area contributed by atoms with Crippen LogP contribution in [0.25, 0.3) is 0 Å². The van der Waals surface area contributed by atoms with Crippen molar-refractivity contribution in [1.82, 2.24) is 4.90 Å². The molecule has 1 amide bonds. The number of amides is 1. The lowest BCUT2D eigenvalue weighted by molar-refractivity contribution is -0.163. The van der Waals surface area contributed by atoms with Crippen LogP contribution >= 0.6 is 0 Å². The fraction of sp³-hybridized carbons (Fsp3) is 0.714. The zero-order valence-corrected chi connectivity index (χ0v) is 11.5. The highest BCUT2D eigenvalue weighted by Gasteiger charge is 2.61. The average molecular weight is 281 g/mol. The van der Waals surface area contributed by atoms with Gasteiger partial charge >= 0.3 is 5.97 Å². The SMILES string of the molecule is C[C@@H](O)C1C(=O)N2C(C(=O)O)=C([C@@H](O)C3CC3)[C@H](C)C12. The lowest BCUT2D eigenvalue weighted by Gasteiger charge is -2.46. The predicted octanol–water partition coefficient (Wildman–Crippen LogP) is -0.0465. The molecule has 6 heteroatoms. The number of fused-ring (bicyclic) bond motifs is 1. The minimum absolute atomic E-state index is 0.0659. The van der Waals surface area contributed by atoms with Gasteiger partial charge in [-0.25, -0.2) is 4.79 Å². The number of carbonyl (C=O) groups is 2. The molecular formula is C14H19NO5. The summed E-state index contributed by atoms with van der Waals surface area (Å²) in [5, 5.41) is 29.4. The van der Waals surface area contributed by atoms with Gasteiger partial charge in [-0.15, -0.1) is 0 Å². The van der Waals surface area contributed by atoms with Crippen LogP contribution in [-0.2, 0) is 9.59 Å². The third-order valence-corrected chi connectivity index (χ3v) is 4.82.